The van der Waals surface area contributed by atoms with Crippen LogP contribution in [0.1, 0.15) is 46.3 Å². The number of hydrogen-bond donors (Lipinski definition) is 4. The number of nitrogens with zero attached hydrogens (tertiary/aromatic N) is 2. The van der Waals surface area contributed by atoms with Crippen molar-refractivity contribution in [2.24, 2.45) is 10.7 Å². The van der Waals surface area contributed by atoms with Crippen molar-refractivity contribution >= 4 is 28.5 Å². The Bertz CT molecular complexity index is 1320. The van der Waals surface area contributed by atoms with E-state index in [-0.39, 0.29) is 23.9 Å². The maximum atomic E-state index is 13.6. The van der Waals surface area contributed by atoms with E-state index in [1.807, 2.05) is 47.4 Å². The van der Waals surface area contributed by atoms with E-state index in [2.05, 4.69) is 53.0 Å². The number of nitrogens with two attached hydrogens (primary N) is 1. The zero-order valence-corrected chi connectivity index (χ0v) is 23.2. The zero-order valence-electron chi connectivity index (χ0n) is 23.2. The van der Waals surface area contributed by atoms with Crippen molar-refractivity contribution in [3.63, 3.8) is 0 Å². The predicted molar refractivity (Wildman–Crippen MR) is 158 cm³/mol. The van der Waals surface area contributed by atoms with Crippen LogP contribution >= 0.6 is 0 Å². The summed E-state index contributed by atoms with van der Waals surface area (Å²) in [4.78, 5) is 32.5. The zero-order chi connectivity index (χ0) is 27.8. The highest BCUT2D eigenvalue weighted by atomic mass is 16.2. The highest BCUT2D eigenvalue weighted by molar-refractivity contribution is 5.98. The minimum atomic E-state index is -0.345. The number of aliphatic imine (C=N–C) groups is 1. The van der Waals surface area contributed by atoms with Crippen LogP contribution in [-0.4, -0.2) is 61.4 Å². The molecule has 0 saturated carbocycles. The second kappa shape index (κ2) is 13.2. The van der Waals surface area contributed by atoms with Gasteiger partial charge < -0.3 is 26.6 Å². The Morgan fingerprint density at radius 2 is 1.79 bits per heavy atom. The van der Waals surface area contributed by atoms with Gasteiger partial charge in [-0.1, -0.05) is 59.7 Å². The van der Waals surface area contributed by atoms with E-state index in [1.54, 1.807) is 7.05 Å². The molecule has 1 heterocycles. The summed E-state index contributed by atoms with van der Waals surface area (Å²) >= 11 is 0. The number of carbonyl (C=O) groups is 2. The van der Waals surface area contributed by atoms with Crippen LogP contribution in [0.2, 0.25) is 0 Å². The van der Waals surface area contributed by atoms with Crippen LogP contribution in [0, 0.1) is 13.8 Å². The summed E-state index contributed by atoms with van der Waals surface area (Å²) in [5, 5.41) is 11.8. The molecule has 8 heteroatoms. The van der Waals surface area contributed by atoms with Gasteiger partial charge >= 0.3 is 0 Å². The average Bonchev–Trinajstić information content (AvgIpc) is 3.07. The number of rotatable bonds is 9. The minimum Gasteiger partial charge on any atom is -0.370 e. The molecule has 8 nitrogen and oxygen atoms in total. The van der Waals surface area contributed by atoms with Crippen LogP contribution in [0.5, 0.6) is 0 Å². The first-order valence-corrected chi connectivity index (χ1v) is 13.7. The summed E-state index contributed by atoms with van der Waals surface area (Å²) in [6.45, 7) is 6.44. The number of carbonyl (C=O) groups excluding carboxylic acids is 2. The highest BCUT2D eigenvalue weighted by Gasteiger charge is 2.30. The molecule has 4 rings (SSSR count). The molecule has 2 unspecified atom stereocenters. The van der Waals surface area contributed by atoms with Gasteiger partial charge in [-0.25, -0.2) is 0 Å². The number of hydrogen-bond acceptors (Lipinski definition) is 4. The fourth-order valence-electron chi connectivity index (χ4n) is 5.24. The Morgan fingerprint density at radius 3 is 2.54 bits per heavy atom. The fraction of sp³-hybridized carbons (Fsp3) is 0.387. The summed E-state index contributed by atoms with van der Waals surface area (Å²) in [5.41, 5.74) is 9.90. The third kappa shape index (κ3) is 7.80. The molecule has 2 atom stereocenters. The third-order valence-electron chi connectivity index (χ3n) is 7.19. The third-order valence-corrected chi connectivity index (χ3v) is 7.19. The molecule has 1 fully saturated rings. The van der Waals surface area contributed by atoms with Gasteiger partial charge in [0.2, 0.25) is 5.91 Å². The van der Waals surface area contributed by atoms with Gasteiger partial charge in [0.1, 0.15) is 0 Å². The van der Waals surface area contributed by atoms with E-state index in [0.717, 1.165) is 29.2 Å². The number of guanidine groups is 1. The van der Waals surface area contributed by atoms with E-state index >= 15 is 0 Å². The van der Waals surface area contributed by atoms with Crippen molar-refractivity contribution in [2.75, 3.05) is 26.7 Å². The normalized spacial score (nSPS) is 18.2. The summed E-state index contributed by atoms with van der Waals surface area (Å²) in [6, 6.07) is 19.8. The number of fused-ring (bicyclic) bond motifs is 1. The molecular formula is C31H40N6O2. The molecule has 5 N–H and O–H groups in total. The quantitative estimate of drug-likeness (QED) is 0.194. The predicted octanol–water partition coefficient (Wildman–Crippen LogP) is 3.26. The Kier molecular flexibility index (Phi) is 9.54. The molecule has 1 saturated heterocycles. The van der Waals surface area contributed by atoms with E-state index in [0.29, 0.717) is 44.1 Å². The number of benzene rings is 3. The second-order valence-electron chi connectivity index (χ2n) is 10.4. The van der Waals surface area contributed by atoms with E-state index in [1.165, 1.54) is 11.1 Å². The Balaban J connectivity index is 1.43. The van der Waals surface area contributed by atoms with Gasteiger partial charge in [-0.3, -0.25) is 14.6 Å². The topological polar surface area (TPSA) is 112 Å². The van der Waals surface area contributed by atoms with Gasteiger partial charge in [0, 0.05) is 44.8 Å². The molecule has 0 bridgehead atoms. The summed E-state index contributed by atoms with van der Waals surface area (Å²) in [7, 11) is 1.64. The van der Waals surface area contributed by atoms with Crippen molar-refractivity contribution in [3.05, 3.63) is 82.9 Å². The average molecular weight is 529 g/mol. The molecule has 39 heavy (non-hydrogen) atoms. The molecule has 2 amide bonds. The smallest absolute Gasteiger partial charge is 0.251 e. The first-order valence-electron chi connectivity index (χ1n) is 13.7. The van der Waals surface area contributed by atoms with Crippen LogP contribution in [-0.2, 0) is 11.3 Å². The van der Waals surface area contributed by atoms with E-state index in [4.69, 9.17) is 5.73 Å². The Labute approximate surface area is 231 Å². The molecule has 1 aliphatic heterocycles. The largest absolute Gasteiger partial charge is 0.370 e. The number of amides is 2. The Hall–Kier alpha value is -3.91. The lowest BCUT2D eigenvalue weighted by atomic mass is 10.1. The number of nitrogens with one attached hydrogen (secondary N) is 3. The molecule has 0 aromatic heterocycles. The molecular weight excluding hydrogens is 488 g/mol. The van der Waals surface area contributed by atoms with Crippen molar-refractivity contribution in [2.45, 2.75) is 51.7 Å². The standard InChI is InChI=1S/C31H40N6O2/c1-21-15-22(2)17-23(16-21)20-37-14-12-27(36-28(30(37)39)9-6-13-34-31(32)33-3)19-35-29(38)26-11-10-24-7-4-5-8-25(24)18-26/h4-5,7-8,10-11,15-18,27-28,36H,6,9,12-14,19-20H2,1-3H3,(H,35,38)(H3,32,33,34). The van der Waals surface area contributed by atoms with Crippen LogP contribution < -0.4 is 21.7 Å². The SMILES string of the molecule is CN=C(N)NCCCC1NC(CNC(=O)c2ccc3ccccc3c2)CCN(Cc2cc(C)cc(C)c2)C1=O. The minimum absolute atomic E-state index is 0.0252. The number of aryl methyl sites for hydroxylation is 2. The molecule has 3 aromatic rings. The van der Waals surface area contributed by atoms with Crippen molar-refractivity contribution in [1.82, 2.24) is 20.9 Å². The first kappa shape index (κ1) is 28.1. The molecule has 3 aromatic carbocycles. The maximum Gasteiger partial charge on any atom is 0.251 e. The van der Waals surface area contributed by atoms with E-state index in [9.17, 15) is 9.59 Å². The molecule has 0 aliphatic carbocycles. The van der Waals surface area contributed by atoms with Gasteiger partial charge in [0.25, 0.3) is 5.91 Å². The van der Waals surface area contributed by atoms with Crippen molar-refractivity contribution < 1.29 is 9.59 Å². The van der Waals surface area contributed by atoms with Crippen LogP contribution in [0.3, 0.4) is 0 Å². The lowest BCUT2D eigenvalue weighted by Gasteiger charge is -2.25. The molecule has 0 radical (unpaired) electrons. The van der Waals surface area contributed by atoms with Gasteiger partial charge in [0.15, 0.2) is 5.96 Å². The van der Waals surface area contributed by atoms with Crippen LogP contribution in [0.4, 0.5) is 0 Å². The van der Waals surface area contributed by atoms with Gasteiger partial charge in [-0.05, 0) is 61.6 Å². The summed E-state index contributed by atoms with van der Waals surface area (Å²) in [6.07, 6.45) is 2.16. The fourth-order valence-corrected chi connectivity index (χ4v) is 5.24. The monoisotopic (exact) mass is 528 g/mol. The van der Waals surface area contributed by atoms with Gasteiger partial charge in [-0.15, -0.1) is 0 Å². The summed E-state index contributed by atoms with van der Waals surface area (Å²) < 4.78 is 0. The molecule has 1 aliphatic rings. The highest BCUT2D eigenvalue weighted by Crippen LogP contribution is 2.18. The van der Waals surface area contributed by atoms with Crippen LogP contribution in [0.25, 0.3) is 10.8 Å². The second-order valence-corrected chi connectivity index (χ2v) is 10.4. The van der Waals surface area contributed by atoms with Crippen molar-refractivity contribution in [1.29, 1.82) is 0 Å². The summed E-state index contributed by atoms with van der Waals surface area (Å²) in [5.74, 6) is 0.371. The van der Waals surface area contributed by atoms with E-state index < -0.39 is 0 Å². The van der Waals surface area contributed by atoms with Gasteiger partial charge in [-0.2, -0.15) is 0 Å². The van der Waals surface area contributed by atoms with Crippen LogP contribution in [0.15, 0.2) is 65.7 Å². The van der Waals surface area contributed by atoms with Gasteiger partial charge in [0.05, 0.1) is 6.04 Å². The molecule has 0 spiro atoms. The Morgan fingerprint density at radius 1 is 1.05 bits per heavy atom. The maximum absolute atomic E-state index is 13.6. The first-order chi connectivity index (χ1) is 18.8. The van der Waals surface area contributed by atoms with Crippen molar-refractivity contribution in [3.8, 4) is 0 Å². The lowest BCUT2D eigenvalue weighted by molar-refractivity contribution is -0.133. The molecule has 206 valence electrons. The lowest BCUT2D eigenvalue weighted by Crippen LogP contribution is -2.49.